The molecule has 80 valence electrons. The maximum absolute atomic E-state index is 4.61. The summed E-state index contributed by atoms with van der Waals surface area (Å²) in [5.74, 6) is 0.951. The second-order valence-electron chi connectivity index (χ2n) is 3.95. The Morgan fingerprint density at radius 3 is 2.88 bits per heavy atom. The van der Waals surface area contributed by atoms with Gasteiger partial charge < -0.3 is 5.32 Å². The molecule has 3 rings (SSSR count). The van der Waals surface area contributed by atoms with E-state index >= 15 is 0 Å². The molecule has 3 heteroatoms. The molecule has 0 radical (unpaired) electrons. The Bertz CT molecular complexity index is 494. The fourth-order valence-corrected chi connectivity index (χ4v) is 1.95. The molecule has 2 aromatic rings. The van der Waals surface area contributed by atoms with Gasteiger partial charge in [-0.3, -0.25) is 4.98 Å². The lowest BCUT2D eigenvalue weighted by Gasteiger charge is -2.16. The van der Waals surface area contributed by atoms with Crippen molar-refractivity contribution < 1.29 is 0 Å². The van der Waals surface area contributed by atoms with Crippen molar-refractivity contribution in [3.8, 4) is 11.3 Å². The lowest BCUT2D eigenvalue weighted by atomic mass is 10.1. The van der Waals surface area contributed by atoms with Crippen LogP contribution in [0, 0.1) is 0 Å². The van der Waals surface area contributed by atoms with Crippen molar-refractivity contribution in [1.29, 1.82) is 0 Å². The van der Waals surface area contributed by atoms with Crippen molar-refractivity contribution in [2.45, 2.75) is 12.8 Å². The first-order chi connectivity index (χ1) is 7.93. The lowest BCUT2D eigenvalue weighted by Crippen LogP contribution is -2.14. The molecule has 0 saturated carbocycles. The maximum Gasteiger partial charge on any atom is 0.148 e. The number of nitrogens with zero attached hydrogens (tertiary/aromatic N) is 2. The lowest BCUT2D eigenvalue weighted by molar-refractivity contribution is 0.788. The molecule has 1 aromatic heterocycles. The molecule has 1 N–H and O–H groups in total. The van der Waals surface area contributed by atoms with Crippen LogP contribution in [-0.2, 0) is 6.42 Å². The third kappa shape index (κ3) is 1.65. The standard InChI is InChI=1S/C13H13N3/c1-2-5-10(6-3-1)12-9-15-11-7-4-8-14-13(11)16-12/h1-3,5-6,9H,4,7-8H2,(H,14,16). The number of benzene rings is 1. The summed E-state index contributed by atoms with van der Waals surface area (Å²) < 4.78 is 0. The van der Waals surface area contributed by atoms with Crippen LogP contribution in [0.3, 0.4) is 0 Å². The van der Waals surface area contributed by atoms with Crippen molar-refractivity contribution in [2.75, 3.05) is 11.9 Å². The van der Waals surface area contributed by atoms with E-state index in [9.17, 15) is 0 Å². The number of aryl methyl sites for hydroxylation is 1. The second-order valence-corrected chi connectivity index (χ2v) is 3.95. The molecule has 1 aromatic carbocycles. The van der Waals surface area contributed by atoms with E-state index < -0.39 is 0 Å². The molecule has 2 heterocycles. The maximum atomic E-state index is 4.61. The van der Waals surface area contributed by atoms with E-state index in [1.807, 2.05) is 24.4 Å². The molecule has 16 heavy (non-hydrogen) atoms. The summed E-state index contributed by atoms with van der Waals surface area (Å²) in [5.41, 5.74) is 3.14. The van der Waals surface area contributed by atoms with Gasteiger partial charge >= 0.3 is 0 Å². The van der Waals surface area contributed by atoms with Gasteiger partial charge in [-0.05, 0) is 12.8 Å². The van der Waals surface area contributed by atoms with Gasteiger partial charge in [-0.25, -0.2) is 4.98 Å². The van der Waals surface area contributed by atoms with Crippen LogP contribution in [0.1, 0.15) is 12.1 Å². The van der Waals surface area contributed by atoms with Crippen LogP contribution >= 0.6 is 0 Å². The number of rotatable bonds is 1. The zero-order valence-corrected chi connectivity index (χ0v) is 8.98. The van der Waals surface area contributed by atoms with Gasteiger partial charge in [-0.2, -0.15) is 0 Å². The zero-order valence-electron chi connectivity index (χ0n) is 8.98. The molecule has 0 spiro atoms. The first-order valence-corrected chi connectivity index (χ1v) is 5.59. The molecule has 0 atom stereocenters. The summed E-state index contributed by atoms with van der Waals surface area (Å²) in [7, 11) is 0. The minimum atomic E-state index is 0.939. The Kier molecular flexibility index (Phi) is 2.29. The van der Waals surface area contributed by atoms with Crippen LogP contribution in [0.4, 0.5) is 5.82 Å². The highest BCUT2D eigenvalue weighted by Gasteiger charge is 2.12. The van der Waals surface area contributed by atoms with E-state index in [-0.39, 0.29) is 0 Å². The van der Waals surface area contributed by atoms with E-state index in [4.69, 9.17) is 0 Å². The molecule has 0 aliphatic carbocycles. The number of nitrogens with one attached hydrogen (secondary N) is 1. The monoisotopic (exact) mass is 211 g/mol. The van der Waals surface area contributed by atoms with E-state index in [1.165, 1.54) is 0 Å². The van der Waals surface area contributed by atoms with Crippen LogP contribution in [0.5, 0.6) is 0 Å². The first-order valence-electron chi connectivity index (χ1n) is 5.59. The summed E-state index contributed by atoms with van der Waals surface area (Å²) in [5, 5.41) is 3.30. The number of hydrogen-bond acceptors (Lipinski definition) is 3. The highest BCUT2D eigenvalue weighted by molar-refractivity contribution is 5.61. The number of aromatic nitrogens is 2. The number of anilines is 1. The second kappa shape index (κ2) is 3.93. The van der Waals surface area contributed by atoms with Gasteiger partial charge in [0.2, 0.25) is 0 Å². The smallest absolute Gasteiger partial charge is 0.148 e. The van der Waals surface area contributed by atoms with Gasteiger partial charge in [0.15, 0.2) is 0 Å². The van der Waals surface area contributed by atoms with E-state index in [0.717, 1.165) is 42.2 Å². The molecule has 1 aliphatic rings. The van der Waals surface area contributed by atoms with Gasteiger partial charge in [0.1, 0.15) is 5.82 Å². The highest BCUT2D eigenvalue weighted by atomic mass is 15.0. The van der Waals surface area contributed by atoms with Crippen molar-refractivity contribution in [3.05, 3.63) is 42.2 Å². The minimum Gasteiger partial charge on any atom is -0.369 e. The topological polar surface area (TPSA) is 37.8 Å². The normalized spacial score (nSPS) is 14.0. The Morgan fingerprint density at radius 1 is 1.12 bits per heavy atom. The SMILES string of the molecule is c1ccc(-c2cnc3c(n2)NCCC3)cc1. The Balaban J connectivity index is 2.03. The van der Waals surface area contributed by atoms with Gasteiger partial charge in [0.05, 0.1) is 17.6 Å². The molecule has 1 aliphatic heterocycles. The molecule has 3 nitrogen and oxygen atoms in total. The van der Waals surface area contributed by atoms with Gasteiger partial charge in [0.25, 0.3) is 0 Å². The van der Waals surface area contributed by atoms with Crippen LogP contribution < -0.4 is 5.32 Å². The van der Waals surface area contributed by atoms with Crippen LogP contribution in [-0.4, -0.2) is 16.5 Å². The average molecular weight is 211 g/mol. The quantitative estimate of drug-likeness (QED) is 0.787. The highest BCUT2D eigenvalue weighted by Crippen LogP contribution is 2.22. The van der Waals surface area contributed by atoms with Crippen molar-refractivity contribution in [2.24, 2.45) is 0 Å². The predicted octanol–water partition coefficient (Wildman–Crippen LogP) is 2.50. The van der Waals surface area contributed by atoms with E-state index in [2.05, 4.69) is 27.4 Å². The molecule has 0 amide bonds. The third-order valence-electron chi connectivity index (χ3n) is 2.80. The van der Waals surface area contributed by atoms with Gasteiger partial charge in [-0.15, -0.1) is 0 Å². The Labute approximate surface area is 94.6 Å². The molecule has 0 unspecified atom stereocenters. The molecule has 0 fully saturated rings. The largest absolute Gasteiger partial charge is 0.369 e. The van der Waals surface area contributed by atoms with Crippen LogP contribution in [0.15, 0.2) is 36.5 Å². The predicted molar refractivity (Wildman–Crippen MR) is 64.3 cm³/mol. The first kappa shape index (κ1) is 9.33. The van der Waals surface area contributed by atoms with Crippen LogP contribution in [0.25, 0.3) is 11.3 Å². The summed E-state index contributed by atoms with van der Waals surface area (Å²) in [6, 6.07) is 10.2. The fourth-order valence-electron chi connectivity index (χ4n) is 1.95. The van der Waals surface area contributed by atoms with Crippen molar-refractivity contribution >= 4 is 5.82 Å². The average Bonchev–Trinajstić information content (AvgIpc) is 2.39. The zero-order chi connectivity index (χ0) is 10.8. The summed E-state index contributed by atoms with van der Waals surface area (Å²) in [6.45, 7) is 1.000. The molecular formula is C13H13N3. The van der Waals surface area contributed by atoms with Crippen molar-refractivity contribution in [3.63, 3.8) is 0 Å². The Hall–Kier alpha value is -1.90. The van der Waals surface area contributed by atoms with E-state index in [0.29, 0.717) is 0 Å². The molecule has 0 bridgehead atoms. The summed E-state index contributed by atoms with van der Waals surface area (Å²) in [6.07, 6.45) is 4.04. The minimum absolute atomic E-state index is 0.939. The van der Waals surface area contributed by atoms with E-state index in [1.54, 1.807) is 0 Å². The summed E-state index contributed by atoms with van der Waals surface area (Å²) >= 11 is 0. The summed E-state index contributed by atoms with van der Waals surface area (Å²) in [4.78, 5) is 9.08. The molecule has 0 saturated heterocycles. The van der Waals surface area contributed by atoms with Gasteiger partial charge in [-0.1, -0.05) is 30.3 Å². The van der Waals surface area contributed by atoms with Gasteiger partial charge in [0, 0.05) is 12.1 Å². The fraction of sp³-hybridized carbons (Fsp3) is 0.231. The van der Waals surface area contributed by atoms with Crippen molar-refractivity contribution in [1.82, 2.24) is 9.97 Å². The number of hydrogen-bond donors (Lipinski definition) is 1. The van der Waals surface area contributed by atoms with Crippen LogP contribution in [0.2, 0.25) is 0 Å². The Morgan fingerprint density at radius 2 is 2.00 bits per heavy atom. The third-order valence-corrected chi connectivity index (χ3v) is 2.80. The number of fused-ring (bicyclic) bond motifs is 1. The molecular weight excluding hydrogens is 198 g/mol.